The molecule has 1 spiro atoms. The van der Waals surface area contributed by atoms with E-state index in [1.165, 1.54) is 17.8 Å². The highest BCUT2D eigenvalue weighted by atomic mass is 14.8. The highest BCUT2D eigenvalue weighted by molar-refractivity contribution is 5.26. The van der Waals surface area contributed by atoms with Gasteiger partial charge in [-0.1, -0.05) is 6.92 Å². The van der Waals surface area contributed by atoms with E-state index in [1.807, 2.05) is 0 Å². The van der Waals surface area contributed by atoms with Gasteiger partial charge in [0.25, 0.3) is 0 Å². The molecule has 0 aliphatic heterocycles. The van der Waals surface area contributed by atoms with Crippen LogP contribution in [-0.2, 0) is 0 Å². The molecule has 0 radical (unpaired) electrons. The lowest BCUT2D eigenvalue weighted by Crippen LogP contribution is -2.65. The van der Waals surface area contributed by atoms with Crippen molar-refractivity contribution in [1.29, 1.82) is 0 Å². The fourth-order valence-corrected chi connectivity index (χ4v) is 6.09. The molecule has 0 aromatic carbocycles. The van der Waals surface area contributed by atoms with Gasteiger partial charge in [0.15, 0.2) is 0 Å². The Labute approximate surface area is 74.7 Å². The molecule has 0 heterocycles. The number of rotatable bonds is 0. The van der Waals surface area contributed by atoms with Gasteiger partial charge in [-0.2, -0.15) is 0 Å². The second-order valence-corrected chi connectivity index (χ2v) is 6.14. The SMILES string of the molecule is C[C@]12CCC3CCC4CC(C1)C342. The first-order valence-corrected chi connectivity index (χ1v) is 5.77. The Morgan fingerprint density at radius 2 is 1.83 bits per heavy atom. The lowest BCUT2D eigenvalue weighted by Gasteiger charge is -2.71. The normalized spacial score (nSPS) is 71.2. The van der Waals surface area contributed by atoms with Crippen molar-refractivity contribution >= 4 is 0 Å². The molecule has 5 atom stereocenters. The molecule has 4 rings (SSSR count). The van der Waals surface area contributed by atoms with Crippen molar-refractivity contribution in [3.8, 4) is 0 Å². The van der Waals surface area contributed by atoms with Crippen LogP contribution >= 0.6 is 0 Å². The van der Waals surface area contributed by atoms with Crippen LogP contribution < -0.4 is 0 Å². The van der Waals surface area contributed by atoms with Crippen molar-refractivity contribution in [1.82, 2.24) is 0 Å². The van der Waals surface area contributed by atoms with Gasteiger partial charge in [0, 0.05) is 0 Å². The van der Waals surface area contributed by atoms with E-state index in [-0.39, 0.29) is 0 Å². The first kappa shape index (κ1) is 6.45. The Morgan fingerprint density at radius 3 is 2.58 bits per heavy atom. The van der Waals surface area contributed by atoms with Crippen LogP contribution in [0.1, 0.15) is 45.4 Å². The predicted octanol–water partition coefficient (Wildman–Crippen LogP) is 3.22. The van der Waals surface area contributed by atoms with E-state index in [0.717, 1.165) is 10.8 Å². The minimum absolute atomic E-state index is 0.835. The molecule has 0 N–H and O–H groups in total. The molecule has 0 amide bonds. The second kappa shape index (κ2) is 1.51. The topological polar surface area (TPSA) is 0 Å². The monoisotopic (exact) mass is 162 g/mol. The van der Waals surface area contributed by atoms with E-state index >= 15 is 0 Å². The van der Waals surface area contributed by atoms with E-state index < -0.39 is 0 Å². The van der Waals surface area contributed by atoms with E-state index in [1.54, 1.807) is 38.5 Å². The van der Waals surface area contributed by atoms with Crippen LogP contribution in [0.15, 0.2) is 0 Å². The largest absolute Gasteiger partial charge is 0.0591 e. The Bertz CT molecular complexity index is 251. The van der Waals surface area contributed by atoms with E-state index in [2.05, 4.69) is 6.92 Å². The fourth-order valence-electron chi connectivity index (χ4n) is 6.09. The molecule has 0 heteroatoms. The zero-order chi connectivity index (χ0) is 7.97. The zero-order valence-corrected chi connectivity index (χ0v) is 7.97. The fraction of sp³-hybridized carbons (Fsp3) is 1.00. The van der Waals surface area contributed by atoms with Crippen LogP contribution in [0, 0.1) is 28.6 Å². The summed E-state index contributed by atoms with van der Waals surface area (Å²) in [5.74, 6) is 3.57. The van der Waals surface area contributed by atoms with E-state index in [4.69, 9.17) is 0 Å². The van der Waals surface area contributed by atoms with Crippen molar-refractivity contribution in [3.05, 3.63) is 0 Å². The van der Waals surface area contributed by atoms with Gasteiger partial charge in [-0.25, -0.2) is 0 Å². The molecule has 66 valence electrons. The molecular formula is C12H18. The molecular weight excluding hydrogens is 144 g/mol. The molecule has 0 aromatic heterocycles. The Balaban J connectivity index is 1.89. The summed E-state index contributed by atoms with van der Waals surface area (Å²) in [6.45, 7) is 2.60. The molecule has 4 aliphatic rings. The lowest BCUT2D eigenvalue weighted by molar-refractivity contribution is -0.235. The smallest absolute Gasteiger partial charge is 0.0158 e. The van der Waals surface area contributed by atoms with Gasteiger partial charge >= 0.3 is 0 Å². The van der Waals surface area contributed by atoms with Crippen LogP contribution in [0.4, 0.5) is 0 Å². The van der Waals surface area contributed by atoms with Crippen LogP contribution in [0.5, 0.6) is 0 Å². The molecule has 4 saturated carbocycles. The third-order valence-electron chi connectivity index (χ3n) is 6.25. The summed E-state index contributed by atoms with van der Waals surface area (Å²) in [5.41, 5.74) is 1.77. The quantitative estimate of drug-likeness (QED) is 0.513. The predicted molar refractivity (Wildman–Crippen MR) is 48.7 cm³/mol. The number of hydrogen-bond acceptors (Lipinski definition) is 0. The van der Waals surface area contributed by atoms with Gasteiger partial charge < -0.3 is 0 Å². The third-order valence-corrected chi connectivity index (χ3v) is 6.25. The second-order valence-electron chi connectivity index (χ2n) is 6.14. The highest BCUT2D eigenvalue weighted by Crippen LogP contribution is 2.85. The first-order chi connectivity index (χ1) is 5.77. The van der Waals surface area contributed by atoms with Gasteiger partial charge in [-0.15, -0.1) is 0 Å². The Kier molecular flexibility index (Phi) is 0.811. The van der Waals surface area contributed by atoms with Crippen molar-refractivity contribution < 1.29 is 0 Å². The summed E-state index contributed by atoms with van der Waals surface area (Å²) in [5, 5.41) is 0. The maximum atomic E-state index is 2.60. The summed E-state index contributed by atoms with van der Waals surface area (Å²) in [4.78, 5) is 0. The van der Waals surface area contributed by atoms with Crippen molar-refractivity contribution in [3.63, 3.8) is 0 Å². The molecule has 12 heavy (non-hydrogen) atoms. The van der Waals surface area contributed by atoms with Crippen LogP contribution in [0.2, 0.25) is 0 Å². The maximum Gasteiger partial charge on any atom is -0.0158 e. The van der Waals surface area contributed by atoms with Crippen LogP contribution in [-0.4, -0.2) is 0 Å². The number of hydrogen-bond donors (Lipinski definition) is 0. The van der Waals surface area contributed by atoms with Gasteiger partial charge in [0.05, 0.1) is 0 Å². The lowest BCUT2D eigenvalue weighted by atomic mass is 9.33. The third kappa shape index (κ3) is 0.367. The summed E-state index contributed by atoms with van der Waals surface area (Å²) in [7, 11) is 0. The summed E-state index contributed by atoms with van der Waals surface area (Å²) < 4.78 is 0. The minimum Gasteiger partial charge on any atom is -0.0591 e. The standard InChI is InChI=1S/C12H18/c1-11-5-4-8-2-3-9-6-10(7-11)12(8,9)11/h8-10H,2-7H2,1H3/t8?,9?,10?,11-,12?/m0/s1. The Morgan fingerprint density at radius 1 is 1.00 bits per heavy atom. The molecule has 0 nitrogen and oxygen atoms in total. The average Bonchev–Trinajstić information content (AvgIpc) is 2.49. The molecule has 0 saturated heterocycles. The summed E-state index contributed by atoms with van der Waals surface area (Å²) in [6.07, 6.45) is 9.56. The van der Waals surface area contributed by atoms with Gasteiger partial charge in [0.1, 0.15) is 0 Å². The van der Waals surface area contributed by atoms with Gasteiger partial charge in [-0.3, -0.25) is 0 Å². The van der Waals surface area contributed by atoms with Gasteiger partial charge in [-0.05, 0) is 67.1 Å². The maximum absolute atomic E-state index is 2.60. The summed E-state index contributed by atoms with van der Waals surface area (Å²) in [6, 6.07) is 0. The molecule has 0 aromatic rings. The molecule has 4 aliphatic carbocycles. The summed E-state index contributed by atoms with van der Waals surface area (Å²) >= 11 is 0. The molecule has 4 unspecified atom stereocenters. The van der Waals surface area contributed by atoms with Crippen molar-refractivity contribution in [2.24, 2.45) is 28.6 Å². The van der Waals surface area contributed by atoms with Crippen LogP contribution in [0.3, 0.4) is 0 Å². The van der Waals surface area contributed by atoms with Crippen LogP contribution in [0.25, 0.3) is 0 Å². The van der Waals surface area contributed by atoms with Gasteiger partial charge in [0.2, 0.25) is 0 Å². The minimum atomic E-state index is 0.835. The van der Waals surface area contributed by atoms with E-state index in [9.17, 15) is 0 Å². The molecule has 4 fully saturated rings. The Hall–Kier alpha value is 0. The molecule has 0 bridgehead atoms. The van der Waals surface area contributed by atoms with E-state index in [0.29, 0.717) is 0 Å². The highest BCUT2D eigenvalue weighted by Gasteiger charge is 2.78. The van der Waals surface area contributed by atoms with Crippen molar-refractivity contribution in [2.75, 3.05) is 0 Å². The van der Waals surface area contributed by atoms with Crippen molar-refractivity contribution in [2.45, 2.75) is 45.4 Å². The average molecular weight is 162 g/mol. The zero-order valence-electron chi connectivity index (χ0n) is 7.97. The first-order valence-electron chi connectivity index (χ1n) is 5.77.